The average molecular weight is 412 g/mol. The van der Waals surface area contributed by atoms with Gasteiger partial charge < -0.3 is 10.2 Å². The Kier molecular flexibility index (Phi) is 5.86. The van der Waals surface area contributed by atoms with Crippen LogP contribution in [-0.4, -0.2) is 32.4 Å². The van der Waals surface area contributed by atoms with Gasteiger partial charge in [0, 0.05) is 18.8 Å². The predicted molar refractivity (Wildman–Crippen MR) is 103 cm³/mol. The van der Waals surface area contributed by atoms with Crippen LogP contribution in [0.1, 0.15) is 19.3 Å². The lowest BCUT2D eigenvalue weighted by atomic mass is 10.1. The zero-order valence-corrected chi connectivity index (χ0v) is 16.0. The van der Waals surface area contributed by atoms with Gasteiger partial charge in [-0.1, -0.05) is 11.6 Å². The highest BCUT2D eigenvalue weighted by Gasteiger charge is 2.18. The van der Waals surface area contributed by atoms with Crippen molar-refractivity contribution < 1.29 is 17.6 Å². The van der Waals surface area contributed by atoms with Crippen molar-refractivity contribution in [2.24, 2.45) is 0 Å². The molecule has 0 atom stereocenters. The molecule has 0 saturated carbocycles. The van der Waals surface area contributed by atoms with Crippen LogP contribution in [0.25, 0.3) is 0 Å². The van der Waals surface area contributed by atoms with Crippen molar-refractivity contribution in [3.8, 4) is 0 Å². The van der Waals surface area contributed by atoms with Crippen molar-refractivity contribution in [3.63, 3.8) is 0 Å². The maximum atomic E-state index is 13.2. The Morgan fingerprint density at radius 3 is 2.26 bits per heavy atom. The lowest BCUT2D eigenvalue weighted by Crippen LogP contribution is -2.38. The number of carbonyl (C=O) groups excluding carboxylic acids is 1. The molecule has 0 unspecified atom stereocenters. The molecule has 1 saturated heterocycles. The first-order valence-corrected chi connectivity index (χ1v) is 10.4. The van der Waals surface area contributed by atoms with Crippen LogP contribution in [0.2, 0.25) is 5.02 Å². The molecule has 3 rings (SSSR count). The van der Waals surface area contributed by atoms with Crippen molar-refractivity contribution in [1.82, 2.24) is 4.90 Å². The number of nitrogens with one attached hydrogen (secondary N) is 2. The number of amides is 2. The van der Waals surface area contributed by atoms with Gasteiger partial charge in [0.1, 0.15) is 5.82 Å². The van der Waals surface area contributed by atoms with Crippen LogP contribution in [-0.2, 0) is 10.0 Å². The number of rotatable bonds is 4. The van der Waals surface area contributed by atoms with E-state index in [0.29, 0.717) is 5.69 Å². The van der Waals surface area contributed by atoms with E-state index in [1.54, 1.807) is 4.90 Å². The summed E-state index contributed by atoms with van der Waals surface area (Å²) in [6, 6.07) is 9.19. The summed E-state index contributed by atoms with van der Waals surface area (Å²) >= 11 is 5.67. The first-order chi connectivity index (χ1) is 12.8. The minimum absolute atomic E-state index is 0.0129. The maximum absolute atomic E-state index is 13.2. The second-order valence-corrected chi connectivity index (χ2v) is 8.33. The molecule has 1 aliphatic rings. The Hall–Kier alpha value is -2.32. The van der Waals surface area contributed by atoms with Crippen molar-refractivity contribution in [1.29, 1.82) is 0 Å². The molecular formula is C18H19ClFN3O3S. The van der Waals surface area contributed by atoms with Gasteiger partial charge in [-0.25, -0.2) is 17.6 Å². The number of hydrogen-bond donors (Lipinski definition) is 2. The van der Waals surface area contributed by atoms with Gasteiger partial charge in [-0.05, 0) is 61.7 Å². The molecule has 2 aromatic carbocycles. The normalized spacial score (nSPS) is 14.7. The van der Waals surface area contributed by atoms with E-state index in [1.165, 1.54) is 36.4 Å². The van der Waals surface area contributed by atoms with Crippen LogP contribution in [0.4, 0.5) is 20.6 Å². The summed E-state index contributed by atoms with van der Waals surface area (Å²) in [6.07, 6.45) is 3.11. The standard InChI is InChI=1S/C18H19ClFN3O3S/c19-16-12-14(6-9-17(16)20)22-27(25,26)15-7-4-13(5-8-15)21-18(24)23-10-2-1-3-11-23/h4-9,12,22H,1-3,10-11H2,(H,21,24). The summed E-state index contributed by atoms with van der Waals surface area (Å²) in [5.41, 5.74) is 0.665. The molecule has 144 valence electrons. The molecule has 27 heavy (non-hydrogen) atoms. The molecule has 0 radical (unpaired) electrons. The Labute approximate surface area is 162 Å². The van der Waals surface area contributed by atoms with Crippen LogP contribution in [0, 0.1) is 5.82 Å². The van der Waals surface area contributed by atoms with Crippen LogP contribution < -0.4 is 10.0 Å². The summed E-state index contributed by atoms with van der Waals surface area (Å²) in [7, 11) is -3.86. The summed E-state index contributed by atoms with van der Waals surface area (Å²) < 4.78 is 40.4. The Balaban J connectivity index is 1.68. The smallest absolute Gasteiger partial charge is 0.321 e. The summed E-state index contributed by atoms with van der Waals surface area (Å²) in [6.45, 7) is 1.45. The highest BCUT2D eigenvalue weighted by Crippen LogP contribution is 2.23. The average Bonchev–Trinajstić information content (AvgIpc) is 2.66. The van der Waals surface area contributed by atoms with E-state index in [-0.39, 0.29) is 21.6 Å². The van der Waals surface area contributed by atoms with Gasteiger partial charge in [0.15, 0.2) is 0 Å². The first-order valence-electron chi connectivity index (χ1n) is 8.49. The number of urea groups is 1. The number of benzene rings is 2. The largest absolute Gasteiger partial charge is 0.325 e. The molecule has 0 aromatic heterocycles. The van der Waals surface area contributed by atoms with Crippen molar-refractivity contribution in [2.75, 3.05) is 23.1 Å². The van der Waals surface area contributed by atoms with Gasteiger partial charge in [0.25, 0.3) is 10.0 Å². The topological polar surface area (TPSA) is 78.5 Å². The van der Waals surface area contributed by atoms with Crippen LogP contribution in [0.15, 0.2) is 47.4 Å². The quantitative estimate of drug-likeness (QED) is 0.787. The molecule has 1 fully saturated rings. The number of likely N-dealkylation sites (tertiary alicyclic amines) is 1. The zero-order chi connectivity index (χ0) is 19.4. The monoisotopic (exact) mass is 411 g/mol. The number of anilines is 2. The van der Waals surface area contributed by atoms with E-state index in [2.05, 4.69) is 10.0 Å². The lowest BCUT2D eigenvalue weighted by Gasteiger charge is -2.26. The molecule has 2 aromatic rings. The van der Waals surface area contributed by atoms with Crippen LogP contribution in [0.5, 0.6) is 0 Å². The number of hydrogen-bond acceptors (Lipinski definition) is 3. The molecule has 1 heterocycles. The SMILES string of the molecule is O=C(Nc1ccc(S(=O)(=O)Nc2ccc(F)c(Cl)c2)cc1)N1CCCCC1. The number of halogens is 2. The summed E-state index contributed by atoms with van der Waals surface area (Å²) in [4.78, 5) is 13.9. The molecule has 2 amide bonds. The minimum Gasteiger partial charge on any atom is -0.325 e. The van der Waals surface area contributed by atoms with Gasteiger partial charge in [-0.15, -0.1) is 0 Å². The zero-order valence-electron chi connectivity index (χ0n) is 14.4. The Bertz CT molecular complexity index is 929. The van der Waals surface area contributed by atoms with Gasteiger partial charge in [-0.2, -0.15) is 0 Å². The molecule has 9 heteroatoms. The van der Waals surface area contributed by atoms with Gasteiger partial charge >= 0.3 is 6.03 Å². The van der Waals surface area contributed by atoms with E-state index in [4.69, 9.17) is 11.6 Å². The molecule has 2 N–H and O–H groups in total. The summed E-state index contributed by atoms with van der Waals surface area (Å²) in [5.74, 6) is -0.631. The van der Waals surface area contributed by atoms with Crippen LogP contribution in [0.3, 0.4) is 0 Å². The number of carbonyl (C=O) groups is 1. The number of sulfonamides is 1. The van der Waals surface area contributed by atoms with Crippen molar-refractivity contribution >= 4 is 39.0 Å². The van der Waals surface area contributed by atoms with Gasteiger partial charge in [0.05, 0.1) is 15.6 Å². The third-order valence-electron chi connectivity index (χ3n) is 4.23. The molecule has 0 spiro atoms. The molecule has 1 aliphatic heterocycles. The summed E-state index contributed by atoms with van der Waals surface area (Å²) in [5, 5.41) is 2.59. The minimum atomic E-state index is -3.86. The van der Waals surface area contributed by atoms with E-state index in [0.717, 1.165) is 38.4 Å². The second-order valence-electron chi connectivity index (χ2n) is 6.24. The lowest BCUT2D eigenvalue weighted by molar-refractivity contribution is 0.200. The van der Waals surface area contributed by atoms with Gasteiger partial charge in [-0.3, -0.25) is 4.72 Å². The van der Waals surface area contributed by atoms with E-state index in [9.17, 15) is 17.6 Å². The van der Waals surface area contributed by atoms with Crippen molar-refractivity contribution in [2.45, 2.75) is 24.2 Å². The van der Waals surface area contributed by atoms with E-state index in [1.807, 2.05) is 0 Å². The maximum Gasteiger partial charge on any atom is 0.321 e. The number of piperidine rings is 1. The fourth-order valence-electron chi connectivity index (χ4n) is 2.79. The van der Waals surface area contributed by atoms with E-state index < -0.39 is 15.8 Å². The first kappa shape index (κ1) is 19.4. The molecular weight excluding hydrogens is 393 g/mol. The van der Waals surface area contributed by atoms with Gasteiger partial charge in [0.2, 0.25) is 0 Å². The Morgan fingerprint density at radius 1 is 1.00 bits per heavy atom. The van der Waals surface area contributed by atoms with Crippen molar-refractivity contribution in [3.05, 3.63) is 53.3 Å². The molecule has 0 aliphatic carbocycles. The predicted octanol–water partition coefficient (Wildman–Crippen LogP) is 4.30. The molecule has 6 nitrogen and oxygen atoms in total. The second kappa shape index (κ2) is 8.14. The fourth-order valence-corrected chi connectivity index (χ4v) is 4.02. The third-order valence-corrected chi connectivity index (χ3v) is 5.92. The third kappa shape index (κ3) is 4.90. The number of nitrogens with zero attached hydrogens (tertiary/aromatic N) is 1. The Morgan fingerprint density at radius 2 is 1.63 bits per heavy atom. The highest BCUT2D eigenvalue weighted by atomic mass is 35.5. The fraction of sp³-hybridized carbons (Fsp3) is 0.278. The van der Waals surface area contributed by atoms with Crippen LogP contribution >= 0.6 is 11.6 Å². The molecule has 0 bridgehead atoms. The highest BCUT2D eigenvalue weighted by molar-refractivity contribution is 7.92. The van der Waals surface area contributed by atoms with E-state index >= 15 is 0 Å².